The average molecular weight is 377 g/mol. The van der Waals surface area contributed by atoms with Crippen molar-refractivity contribution in [3.05, 3.63) is 36.9 Å². The van der Waals surface area contributed by atoms with E-state index >= 15 is 0 Å². The van der Waals surface area contributed by atoms with E-state index in [9.17, 15) is 18.0 Å². The van der Waals surface area contributed by atoms with Crippen LogP contribution in [0, 0.1) is 5.41 Å². The van der Waals surface area contributed by atoms with Gasteiger partial charge in [-0.2, -0.15) is 0 Å². The van der Waals surface area contributed by atoms with E-state index in [4.69, 9.17) is 0 Å². The Kier molecular flexibility index (Phi) is 4.56. The summed E-state index contributed by atoms with van der Waals surface area (Å²) in [5.74, 6) is -0.561. The summed E-state index contributed by atoms with van der Waals surface area (Å²) in [5.41, 5.74) is 0.835. The molecule has 1 aliphatic carbocycles. The molecule has 26 heavy (non-hydrogen) atoms. The van der Waals surface area contributed by atoms with Crippen LogP contribution in [-0.4, -0.2) is 51.0 Å². The van der Waals surface area contributed by atoms with Crippen LogP contribution in [0.15, 0.2) is 36.9 Å². The Morgan fingerprint density at radius 3 is 2.58 bits per heavy atom. The number of anilines is 2. The predicted molar refractivity (Wildman–Crippen MR) is 100 cm³/mol. The lowest BCUT2D eigenvalue weighted by molar-refractivity contribution is -0.132. The van der Waals surface area contributed by atoms with E-state index in [-0.39, 0.29) is 17.2 Å². The summed E-state index contributed by atoms with van der Waals surface area (Å²) in [6.07, 6.45) is 5.00. The number of likely N-dealkylation sites (tertiary alicyclic amines) is 1. The second kappa shape index (κ2) is 6.42. The van der Waals surface area contributed by atoms with Gasteiger partial charge in [0, 0.05) is 13.6 Å². The van der Waals surface area contributed by atoms with E-state index in [2.05, 4.69) is 11.9 Å². The largest absolute Gasteiger partial charge is 0.327 e. The van der Waals surface area contributed by atoms with Gasteiger partial charge in [0.05, 0.1) is 17.6 Å². The monoisotopic (exact) mass is 377 g/mol. The lowest BCUT2D eigenvalue weighted by Crippen LogP contribution is -2.42. The molecule has 1 aromatic rings. The van der Waals surface area contributed by atoms with Crippen LogP contribution in [0.25, 0.3) is 0 Å². The SMILES string of the molecule is C=CC(=O)N1CC2(CC2)C[C@@H]1C(=O)Nc1ccccc1N(C)S(C)(=O)=O. The first kappa shape index (κ1) is 18.4. The number of amides is 2. The number of hydrogen-bond donors (Lipinski definition) is 1. The molecule has 1 saturated carbocycles. The molecule has 0 unspecified atom stereocenters. The number of carbonyl (C=O) groups is 2. The summed E-state index contributed by atoms with van der Waals surface area (Å²) >= 11 is 0. The van der Waals surface area contributed by atoms with Gasteiger partial charge in [-0.1, -0.05) is 18.7 Å². The zero-order valence-electron chi connectivity index (χ0n) is 14.9. The summed E-state index contributed by atoms with van der Waals surface area (Å²) in [6, 6.07) is 6.13. The van der Waals surface area contributed by atoms with Gasteiger partial charge in [-0.05, 0) is 42.9 Å². The fourth-order valence-electron chi connectivity index (χ4n) is 3.43. The molecule has 2 aliphatic rings. The lowest BCUT2D eigenvalue weighted by Gasteiger charge is -2.24. The summed E-state index contributed by atoms with van der Waals surface area (Å²) in [6.45, 7) is 4.09. The van der Waals surface area contributed by atoms with Crippen molar-refractivity contribution in [2.24, 2.45) is 5.41 Å². The topological polar surface area (TPSA) is 86.8 Å². The van der Waals surface area contributed by atoms with Crippen molar-refractivity contribution in [2.75, 3.05) is 29.5 Å². The number of nitrogens with one attached hydrogen (secondary N) is 1. The Hall–Kier alpha value is -2.35. The number of sulfonamides is 1. The van der Waals surface area contributed by atoms with Gasteiger partial charge in [0.25, 0.3) is 0 Å². The van der Waals surface area contributed by atoms with E-state index in [1.165, 1.54) is 13.1 Å². The predicted octanol–water partition coefficient (Wildman–Crippen LogP) is 1.59. The second-order valence-electron chi connectivity index (χ2n) is 7.13. The second-order valence-corrected chi connectivity index (χ2v) is 9.14. The van der Waals surface area contributed by atoms with Gasteiger partial charge in [0.15, 0.2) is 0 Å². The molecule has 1 saturated heterocycles. The lowest BCUT2D eigenvalue weighted by atomic mass is 10.0. The highest BCUT2D eigenvalue weighted by atomic mass is 32.2. The molecule has 1 spiro atoms. The Morgan fingerprint density at radius 1 is 1.35 bits per heavy atom. The van der Waals surface area contributed by atoms with Crippen molar-refractivity contribution < 1.29 is 18.0 Å². The fourth-order valence-corrected chi connectivity index (χ4v) is 3.94. The maximum absolute atomic E-state index is 12.9. The number of hydrogen-bond acceptors (Lipinski definition) is 4. The van der Waals surface area contributed by atoms with Crippen molar-refractivity contribution in [3.63, 3.8) is 0 Å². The number of para-hydroxylation sites is 2. The van der Waals surface area contributed by atoms with E-state index in [0.29, 0.717) is 24.3 Å². The van der Waals surface area contributed by atoms with Crippen LogP contribution >= 0.6 is 0 Å². The molecule has 2 fully saturated rings. The maximum Gasteiger partial charge on any atom is 0.247 e. The van der Waals surface area contributed by atoms with Crippen LogP contribution in [0.2, 0.25) is 0 Å². The van der Waals surface area contributed by atoms with Crippen LogP contribution in [0.4, 0.5) is 11.4 Å². The Morgan fingerprint density at radius 2 is 2.00 bits per heavy atom. The highest BCUT2D eigenvalue weighted by molar-refractivity contribution is 7.92. The molecule has 140 valence electrons. The first-order valence-electron chi connectivity index (χ1n) is 8.44. The molecular formula is C18H23N3O4S. The van der Waals surface area contributed by atoms with Crippen LogP contribution in [0.1, 0.15) is 19.3 Å². The van der Waals surface area contributed by atoms with Gasteiger partial charge >= 0.3 is 0 Å². The normalized spacial score (nSPS) is 20.7. The summed E-state index contributed by atoms with van der Waals surface area (Å²) < 4.78 is 24.8. The van der Waals surface area contributed by atoms with Crippen LogP contribution in [0.3, 0.4) is 0 Å². The third-order valence-corrected chi connectivity index (χ3v) is 6.42. The number of carbonyl (C=O) groups excluding carboxylic acids is 2. The molecular weight excluding hydrogens is 354 g/mol. The highest BCUT2D eigenvalue weighted by Gasteiger charge is 2.54. The Bertz CT molecular complexity index is 861. The molecule has 0 radical (unpaired) electrons. The maximum atomic E-state index is 12.9. The fraction of sp³-hybridized carbons (Fsp3) is 0.444. The minimum atomic E-state index is -3.47. The molecule has 7 nitrogen and oxygen atoms in total. The number of nitrogens with zero attached hydrogens (tertiary/aromatic N) is 2. The average Bonchev–Trinajstić information content (AvgIpc) is 3.23. The smallest absolute Gasteiger partial charge is 0.247 e. The van der Waals surface area contributed by atoms with E-state index in [0.717, 1.165) is 23.4 Å². The molecule has 1 aromatic carbocycles. The van der Waals surface area contributed by atoms with Crippen molar-refractivity contribution in [3.8, 4) is 0 Å². The van der Waals surface area contributed by atoms with E-state index in [1.807, 2.05) is 0 Å². The molecule has 1 atom stereocenters. The Labute approximate surface area is 153 Å². The molecule has 8 heteroatoms. The summed E-state index contributed by atoms with van der Waals surface area (Å²) in [5, 5.41) is 2.81. The van der Waals surface area contributed by atoms with Crippen LogP contribution in [0.5, 0.6) is 0 Å². The van der Waals surface area contributed by atoms with Crippen molar-refractivity contribution in [1.29, 1.82) is 0 Å². The molecule has 1 heterocycles. The van der Waals surface area contributed by atoms with Crippen LogP contribution in [-0.2, 0) is 19.6 Å². The first-order chi connectivity index (χ1) is 12.2. The minimum absolute atomic E-state index is 0.0593. The third-order valence-electron chi connectivity index (χ3n) is 5.22. The quantitative estimate of drug-likeness (QED) is 0.790. The van der Waals surface area contributed by atoms with Gasteiger partial charge in [-0.25, -0.2) is 8.42 Å². The molecule has 0 bridgehead atoms. The van der Waals surface area contributed by atoms with Crippen molar-refractivity contribution in [2.45, 2.75) is 25.3 Å². The van der Waals surface area contributed by atoms with Crippen molar-refractivity contribution in [1.82, 2.24) is 4.90 Å². The van der Waals surface area contributed by atoms with E-state index in [1.54, 1.807) is 29.2 Å². The van der Waals surface area contributed by atoms with Crippen LogP contribution < -0.4 is 9.62 Å². The highest BCUT2D eigenvalue weighted by Crippen LogP contribution is 2.55. The molecule has 1 N–H and O–H groups in total. The van der Waals surface area contributed by atoms with Gasteiger partial charge in [-0.15, -0.1) is 0 Å². The van der Waals surface area contributed by atoms with E-state index < -0.39 is 16.1 Å². The molecule has 2 amide bonds. The van der Waals surface area contributed by atoms with Gasteiger partial charge < -0.3 is 10.2 Å². The first-order valence-corrected chi connectivity index (χ1v) is 10.3. The Balaban J connectivity index is 1.84. The van der Waals surface area contributed by atoms with Gasteiger partial charge in [-0.3, -0.25) is 13.9 Å². The zero-order chi connectivity index (χ0) is 19.1. The third kappa shape index (κ3) is 3.46. The molecule has 0 aromatic heterocycles. The number of rotatable bonds is 5. The molecule has 3 rings (SSSR count). The molecule has 1 aliphatic heterocycles. The summed E-state index contributed by atoms with van der Waals surface area (Å²) in [7, 11) is -2.03. The van der Waals surface area contributed by atoms with Gasteiger partial charge in [0.2, 0.25) is 21.8 Å². The zero-order valence-corrected chi connectivity index (χ0v) is 15.8. The standard InChI is InChI=1S/C18H23N3O4S/c1-4-16(22)21-12-18(9-10-18)11-15(21)17(23)19-13-7-5-6-8-14(13)20(2)26(3,24)25/h4-8,15H,1,9-12H2,2-3H3,(H,19,23)/t15-/m1/s1. The van der Waals surface area contributed by atoms with Gasteiger partial charge in [0.1, 0.15) is 6.04 Å². The summed E-state index contributed by atoms with van der Waals surface area (Å²) in [4.78, 5) is 26.6. The number of benzene rings is 1. The minimum Gasteiger partial charge on any atom is -0.327 e. The van der Waals surface area contributed by atoms with Crippen molar-refractivity contribution >= 4 is 33.2 Å².